The molecule has 0 saturated heterocycles. The normalized spacial score (nSPS) is 15.9. The van der Waals surface area contributed by atoms with E-state index in [1.165, 1.54) is 22.1 Å². The van der Waals surface area contributed by atoms with Crippen molar-refractivity contribution < 1.29 is 18.3 Å². The van der Waals surface area contributed by atoms with Gasteiger partial charge >= 0.3 is 5.97 Å². The van der Waals surface area contributed by atoms with E-state index in [0.717, 1.165) is 6.07 Å². The molecule has 1 N–H and O–H groups in total. The van der Waals surface area contributed by atoms with E-state index < -0.39 is 16.0 Å². The molecule has 1 aliphatic rings. The van der Waals surface area contributed by atoms with Crippen LogP contribution in [0.2, 0.25) is 0 Å². The molecule has 0 radical (unpaired) electrons. The first-order valence-corrected chi connectivity index (χ1v) is 7.60. The lowest BCUT2D eigenvalue weighted by Gasteiger charge is -2.25. The highest BCUT2D eigenvalue weighted by molar-refractivity contribution is 7.89. The number of hydrogen-bond donors (Lipinski definition) is 1. The summed E-state index contributed by atoms with van der Waals surface area (Å²) in [5.41, 5.74) is -0.0752. The molecular formula is C11H13N5O4S. The number of aryl methyl sites for hydroxylation is 1. The molecule has 0 aliphatic carbocycles. The fourth-order valence-corrected chi connectivity index (χ4v) is 3.74. The van der Waals surface area contributed by atoms with Gasteiger partial charge in [-0.1, -0.05) is 0 Å². The van der Waals surface area contributed by atoms with Gasteiger partial charge < -0.3 is 14.2 Å². The fourth-order valence-electron chi connectivity index (χ4n) is 2.29. The summed E-state index contributed by atoms with van der Waals surface area (Å²) in [5, 5.41) is 16.6. The summed E-state index contributed by atoms with van der Waals surface area (Å²) in [6.45, 7) is 0.893. The average Bonchev–Trinajstić information content (AvgIpc) is 3.03. The van der Waals surface area contributed by atoms with Crippen molar-refractivity contribution in [3.63, 3.8) is 0 Å². The summed E-state index contributed by atoms with van der Waals surface area (Å²) >= 11 is 0. The number of carbonyl (C=O) groups is 1. The third-order valence-corrected chi connectivity index (χ3v) is 5.25. The van der Waals surface area contributed by atoms with Crippen molar-refractivity contribution in [2.45, 2.75) is 18.0 Å². The lowest BCUT2D eigenvalue weighted by atomic mass is 10.4. The Kier molecular flexibility index (Phi) is 3.06. The highest BCUT2D eigenvalue weighted by Gasteiger charge is 2.31. The molecule has 9 nitrogen and oxygen atoms in total. The van der Waals surface area contributed by atoms with E-state index in [1.807, 2.05) is 0 Å². The van der Waals surface area contributed by atoms with Crippen LogP contribution in [0, 0.1) is 0 Å². The number of rotatable bonds is 3. The molecular weight excluding hydrogens is 298 g/mol. The molecule has 3 heterocycles. The predicted octanol–water partition coefficient (Wildman–Crippen LogP) is -0.481. The summed E-state index contributed by atoms with van der Waals surface area (Å²) < 4.78 is 29.5. The van der Waals surface area contributed by atoms with E-state index in [9.17, 15) is 13.2 Å². The molecule has 3 rings (SSSR count). The minimum atomic E-state index is -3.75. The van der Waals surface area contributed by atoms with Crippen molar-refractivity contribution in [2.75, 3.05) is 6.54 Å². The van der Waals surface area contributed by atoms with Crippen molar-refractivity contribution in [1.82, 2.24) is 23.6 Å². The summed E-state index contributed by atoms with van der Waals surface area (Å²) in [4.78, 5) is 11.0. The first-order valence-electron chi connectivity index (χ1n) is 6.16. The van der Waals surface area contributed by atoms with Gasteiger partial charge in [0.2, 0.25) is 10.0 Å². The third-order valence-electron chi connectivity index (χ3n) is 3.44. The summed E-state index contributed by atoms with van der Waals surface area (Å²) in [5.74, 6) is -0.600. The van der Waals surface area contributed by atoms with Crippen LogP contribution in [0.4, 0.5) is 0 Å². The standard InChI is InChI=1S/C11H13N5O4S/c1-14-5-8(4-9(14)11(17)18)21(19,20)16-3-2-15-7-12-13-10(15)6-16/h4-5,7H,2-3,6H2,1H3,(H,17,18). The Morgan fingerprint density at radius 2 is 2.14 bits per heavy atom. The van der Waals surface area contributed by atoms with E-state index in [-0.39, 0.29) is 17.1 Å². The topological polar surface area (TPSA) is 110 Å². The van der Waals surface area contributed by atoms with Gasteiger partial charge in [0, 0.05) is 26.3 Å². The van der Waals surface area contributed by atoms with E-state index in [2.05, 4.69) is 10.2 Å². The number of hydrogen-bond acceptors (Lipinski definition) is 5. The Hall–Kier alpha value is -2.20. The minimum Gasteiger partial charge on any atom is -0.477 e. The fraction of sp³-hybridized carbons (Fsp3) is 0.364. The molecule has 0 unspecified atom stereocenters. The molecule has 0 fully saturated rings. The number of sulfonamides is 1. The molecule has 0 aromatic carbocycles. The molecule has 2 aromatic heterocycles. The predicted molar refractivity (Wildman–Crippen MR) is 70.0 cm³/mol. The van der Waals surface area contributed by atoms with Crippen molar-refractivity contribution in [1.29, 1.82) is 0 Å². The lowest BCUT2D eigenvalue weighted by molar-refractivity contribution is 0.0686. The van der Waals surface area contributed by atoms with Gasteiger partial charge in [0.1, 0.15) is 22.7 Å². The Morgan fingerprint density at radius 3 is 2.81 bits per heavy atom. The molecule has 112 valence electrons. The zero-order chi connectivity index (χ0) is 15.2. The minimum absolute atomic E-state index is 0.0321. The van der Waals surface area contributed by atoms with Gasteiger partial charge in [-0.15, -0.1) is 10.2 Å². The molecule has 0 bridgehead atoms. The van der Waals surface area contributed by atoms with E-state index >= 15 is 0 Å². The maximum absolute atomic E-state index is 12.6. The van der Waals surface area contributed by atoms with Crippen LogP contribution in [-0.2, 0) is 30.2 Å². The molecule has 0 amide bonds. The first kappa shape index (κ1) is 13.8. The van der Waals surface area contributed by atoms with E-state index in [0.29, 0.717) is 18.9 Å². The number of aromatic carboxylic acids is 1. The van der Waals surface area contributed by atoms with Crippen LogP contribution in [0.25, 0.3) is 0 Å². The maximum Gasteiger partial charge on any atom is 0.352 e. The molecule has 10 heteroatoms. The molecule has 1 aliphatic heterocycles. The monoisotopic (exact) mass is 311 g/mol. The Bertz CT molecular complexity index is 806. The Balaban J connectivity index is 1.95. The second-order valence-corrected chi connectivity index (χ2v) is 6.69. The first-order chi connectivity index (χ1) is 9.89. The van der Waals surface area contributed by atoms with Gasteiger partial charge in [-0.2, -0.15) is 4.31 Å². The Labute approximate surface area is 120 Å². The molecule has 0 atom stereocenters. The number of nitrogens with zero attached hydrogens (tertiary/aromatic N) is 5. The van der Waals surface area contributed by atoms with Gasteiger partial charge in [0.05, 0.1) is 6.54 Å². The van der Waals surface area contributed by atoms with Crippen LogP contribution in [0.5, 0.6) is 0 Å². The molecule has 2 aromatic rings. The van der Waals surface area contributed by atoms with Crippen LogP contribution in [0.15, 0.2) is 23.5 Å². The zero-order valence-corrected chi connectivity index (χ0v) is 12.0. The van der Waals surface area contributed by atoms with Crippen LogP contribution in [0.1, 0.15) is 16.3 Å². The van der Waals surface area contributed by atoms with Crippen molar-refractivity contribution in [3.05, 3.63) is 30.1 Å². The van der Waals surface area contributed by atoms with Crippen LogP contribution >= 0.6 is 0 Å². The second kappa shape index (κ2) is 4.67. The van der Waals surface area contributed by atoms with Gasteiger partial charge in [-0.05, 0) is 6.07 Å². The highest BCUT2D eigenvalue weighted by atomic mass is 32.2. The van der Waals surface area contributed by atoms with E-state index in [1.54, 1.807) is 10.9 Å². The maximum atomic E-state index is 12.6. The zero-order valence-electron chi connectivity index (χ0n) is 11.2. The number of carboxylic acid groups (broad SMARTS) is 1. The smallest absolute Gasteiger partial charge is 0.352 e. The largest absolute Gasteiger partial charge is 0.477 e. The van der Waals surface area contributed by atoms with Gasteiger partial charge in [-0.25, -0.2) is 13.2 Å². The summed E-state index contributed by atoms with van der Waals surface area (Å²) in [7, 11) is -2.25. The van der Waals surface area contributed by atoms with Crippen molar-refractivity contribution in [3.8, 4) is 0 Å². The van der Waals surface area contributed by atoms with Gasteiger partial charge in [-0.3, -0.25) is 0 Å². The molecule has 0 saturated carbocycles. The average molecular weight is 311 g/mol. The number of aromatic nitrogens is 4. The van der Waals surface area contributed by atoms with Crippen molar-refractivity contribution in [2.24, 2.45) is 7.05 Å². The highest BCUT2D eigenvalue weighted by Crippen LogP contribution is 2.22. The van der Waals surface area contributed by atoms with Crippen molar-refractivity contribution >= 4 is 16.0 Å². The van der Waals surface area contributed by atoms with E-state index in [4.69, 9.17) is 5.11 Å². The summed E-state index contributed by atoms with van der Waals surface area (Å²) in [6, 6.07) is 1.16. The van der Waals surface area contributed by atoms with Crippen LogP contribution < -0.4 is 0 Å². The second-order valence-electron chi connectivity index (χ2n) is 4.76. The number of carboxylic acids is 1. The van der Waals surface area contributed by atoms with Crippen LogP contribution in [-0.4, -0.2) is 49.7 Å². The quantitative estimate of drug-likeness (QED) is 0.819. The van der Waals surface area contributed by atoms with Gasteiger partial charge in [0.25, 0.3) is 0 Å². The van der Waals surface area contributed by atoms with Gasteiger partial charge in [0.15, 0.2) is 0 Å². The third kappa shape index (κ3) is 2.21. The number of fused-ring (bicyclic) bond motifs is 1. The molecule has 21 heavy (non-hydrogen) atoms. The van der Waals surface area contributed by atoms with Crippen LogP contribution in [0.3, 0.4) is 0 Å². The SMILES string of the molecule is Cn1cc(S(=O)(=O)N2CCn3cnnc3C2)cc1C(=O)O. The summed E-state index contributed by atoms with van der Waals surface area (Å²) in [6.07, 6.45) is 2.86. The lowest BCUT2D eigenvalue weighted by Crippen LogP contribution is -2.38. The Morgan fingerprint density at radius 1 is 1.38 bits per heavy atom. The molecule has 0 spiro atoms.